The minimum absolute atomic E-state index is 0.0931. The van der Waals surface area contributed by atoms with Crippen LogP contribution in [0.25, 0.3) is 11.1 Å². The Kier molecular flexibility index (Phi) is 7.28. The lowest BCUT2D eigenvalue weighted by Gasteiger charge is -2.33. The molecule has 0 unspecified atom stereocenters. The first-order chi connectivity index (χ1) is 15.5. The number of alkyl halides is 6. The number of benzene rings is 2. The van der Waals surface area contributed by atoms with E-state index in [2.05, 4.69) is 4.74 Å². The van der Waals surface area contributed by atoms with E-state index in [1.54, 1.807) is 19.2 Å². The Balaban J connectivity index is 1.56. The molecule has 1 fully saturated rings. The summed E-state index contributed by atoms with van der Waals surface area (Å²) in [6, 6.07) is 14.7. The molecule has 0 N–H and O–H groups in total. The zero-order valence-electron chi connectivity index (χ0n) is 17.4. The van der Waals surface area contributed by atoms with E-state index in [4.69, 9.17) is 9.47 Å². The minimum atomic E-state index is -5.75. The average molecular weight is 477 g/mol. The van der Waals surface area contributed by atoms with Crippen LogP contribution in [0.15, 0.2) is 48.5 Å². The van der Waals surface area contributed by atoms with Gasteiger partial charge >= 0.3 is 18.4 Å². The molecule has 2 aromatic rings. The van der Waals surface area contributed by atoms with Gasteiger partial charge in [0.15, 0.2) is 0 Å². The number of halogens is 6. The molecule has 1 saturated heterocycles. The molecule has 1 heterocycles. The molecular weight excluding hydrogens is 456 g/mol. The van der Waals surface area contributed by atoms with Crippen molar-refractivity contribution in [1.29, 1.82) is 0 Å². The first-order valence-corrected chi connectivity index (χ1v) is 9.97. The maximum absolute atomic E-state index is 12.6. The Hall–Kier alpha value is -3.11. The van der Waals surface area contributed by atoms with Gasteiger partial charge in [-0.05, 0) is 35.4 Å². The molecule has 0 atom stereocenters. The Morgan fingerprint density at radius 3 is 2.06 bits per heavy atom. The van der Waals surface area contributed by atoms with Crippen LogP contribution in [0.3, 0.4) is 0 Å². The number of piperidine rings is 1. The van der Waals surface area contributed by atoms with Gasteiger partial charge in [-0.15, -0.1) is 0 Å². The molecule has 0 aromatic heterocycles. The Labute approximate surface area is 185 Å². The molecule has 3 rings (SSSR count). The van der Waals surface area contributed by atoms with Gasteiger partial charge in [0.1, 0.15) is 17.6 Å². The number of amides is 1. The third-order valence-electron chi connectivity index (χ3n) is 5.07. The van der Waals surface area contributed by atoms with Crippen LogP contribution in [-0.2, 0) is 4.74 Å². The molecule has 0 radical (unpaired) electrons. The van der Waals surface area contributed by atoms with E-state index in [9.17, 15) is 31.1 Å². The number of methoxy groups -OCH3 is 1. The summed E-state index contributed by atoms with van der Waals surface area (Å²) in [5.41, 5.74) is 1.82. The van der Waals surface area contributed by atoms with Crippen LogP contribution in [-0.4, -0.2) is 55.8 Å². The first kappa shape index (κ1) is 24.5. The van der Waals surface area contributed by atoms with Crippen molar-refractivity contribution in [2.45, 2.75) is 37.4 Å². The fourth-order valence-electron chi connectivity index (χ4n) is 3.38. The van der Waals surface area contributed by atoms with Crippen LogP contribution in [0.4, 0.5) is 31.1 Å². The second-order valence-corrected chi connectivity index (χ2v) is 7.41. The van der Waals surface area contributed by atoms with Crippen LogP contribution in [0.2, 0.25) is 0 Å². The van der Waals surface area contributed by atoms with Crippen LogP contribution in [0.5, 0.6) is 11.5 Å². The highest BCUT2D eigenvalue weighted by molar-refractivity contribution is 5.68. The van der Waals surface area contributed by atoms with E-state index in [0.717, 1.165) is 16.0 Å². The molecule has 5 nitrogen and oxygen atoms in total. The van der Waals surface area contributed by atoms with E-state index in [1.165, 1.54) is 0 Å². The predicted molar refractivity (Wildman–Crippen MR) is 106 cm³/mol. The standard InChI is InChI=1S/C22H21F6NO4/c1-31-16-7-5-14(6-8-16)15-3-2-4-18(13-15)32-17-9-11-29(12-10-17)20(30)33-19(21(23,24)25)22(26,27)28/h2-8,13,17,19H,9-12H2,1H3. The van der Waals surface area contributed by atoms with Crippen LogP contribution in [0, 0.1) is 0 Å². The topological polar surface area (TPSA) is 48.0 Å². The lowest BCUT2D eigenvalue weighted by Crippen LogP contribution is -2.50. The molecule has 0 aliphatic carbocycles. The number of rotatable bonds is 5. The Morgan fingerprint density at radius 1 is 0.909 bits per heavy atom. The summed E-state index contributed by atoms with van der Waals surface area (Å²) in [6.07, 6.45) is -17.2. The predicted octanol–water partition coefficient (Wildman–Crippen LogP) is 5.84. The van der Waals surface area contributed by atoms with Gasteiger partial charge in [-0.2, -0.15) is 26.3 Å². The van der Waals surface area contributed by atoms with E-state index in [1.807, 2.05) is 36.4 Å². The SMILES string of the molecule is COc1ccc(-c2cccc(OC3CCN(C(=O)OC(C(F)(F)F)C(F)(F)F)CC3)c2)cc1. The molecule has 0 bridgehead atoms. The van der Waals surface area contributed by atoms with Crippen molar-refractivity contribution in [2.24, 2.45) is 0 Å². The zero-order chi connectivity index (χ0) is 24.2. The van der Waals surface area contributed by atoms with E-state index < -0.39 is 24.5 Å². The fourth-order valence-corrected chi connectivity index (χ4v) is 3.38. The lowest BCUT2D eigenvalue weighted by atomic mass is 10.0. The highest BCUT2D eigenvalue weighted by Crippen LogP contribution is 2.36. The van der Waals surface area contributed by atoms with E-state index in [-0.39, 0.29) is 32.0 Å². The van der Waals surface area contributed by atoms with Crippen molar-refractivity contribution in [2.75, 3.05) is 20.2 Å². The minimum Gasteiger partial charge on any atom is -0.497 e. The van der Waals surface area contributed by atoms with E-state index in [0.29, 0.717) is 11.5 Å². The van der Waals surface area contributed by atoms with Gasteiger partial charge in [-0.3, -0.25) is 0 Å². The summed E-state index contributed by atoms with van der Waals surface area (Å²) in [7, 11) is 1.57. The molecule has 0 spiro atoms. The highest BCUT2D eigenvalue weighted by Gasteiger charge is 2.60. The third-order valence-corrected chi connectivity index (χ3v) is 5.07. The number of likely N-dealkylation sites (tertiary alicyclic amines) is 1. The summed E-state index contributed by atoms with van der Waals surface area (Å²) in [5, 5.41) is 0. The monoisotopic (exact) mass is 477 g/mol. The lowest BCUT2D eigenvalue weighted by molar-refractivity contribution is -0.308. The smallest absolute Gasteiger partial charge is 0.434 e. The molecule has 1 aliphatic rings. The van der Waals surface area contributed by atoms with Gasteiger partial charge in [-0.25, -0.2) is 4.79 Å². The van der Waals surface area contributed by atoms with Crippen molar-refractivity contribution in [3.8, 4) is 22.6 Å². The summed E-state index contributed by atoms with van der Waals surface area (Å²) >= 11 is 0. The summed E-state index contributed by atoms with van der Waals surface area (Å²) in [5.74, 6) is 1.27. The summed E-state index contributed by atoms with van der Waals surface area (Å²) in [4.78, 5) is 12.7. The van der Waals surface area contributed by atoms with Crippen molar-refractivity contribution in [1.82, 2.24) is 4.90 Å². The summed E-state index contributed by atoms with van der Waals surface area (Å²) in [6.45, 7) is -0.186. The maximum atomic E-state index is 12.6. The average Bonchev–Trinajstić information content (AvgIpc) is 2.76. The molecule has 11 heteroatoms. The third kappa shape index (κ3) is 6.45. The van der Waals surface area contributed by atoms with Gasteiger partial charge in [0, 0.05) is 25.9 Å². The Bertz CT molecular complexity index is 923. The van der Waals surface area contributed by atoms with Crippen LogP contribution < -0.4 is 9.47 Å². The number of carbonyl (C=O) groups excluding carboxylic acids is 1. The van der Waals surface area contributed by atoms with Gasteiger partial charge < -0.3 is 19.1 Å². The molecule has 180 valence electrons. The zero-order valence-corrected chi connectivity index (χ0v) is 17.4. The number of hydrogen-bond donors (Lipinski definition) is 0. The summed E-state index contributed by atoms with van der Waals surface area (Å²) < 4.78 is 90.4. The van der Waals surface area contributed by atoms with Crippen molar-refractivity contribution >= 4 is 6.09 Å². The first-order valence-electron chi connectivity index (χ1n) is 9.97. The second kappa shape index (κ2) is 9.80. The molecule has 1 amide bonds. The number of hydrogen-bond acceptors (Lipinski definition) is 4. The molecule has 2 aromatic carbocycles. The quantitative estimate of drug-likeness (QED) is 0.508. The fraction of sp³-hybridized carbons (Fsp3) is 0.409. The van der Waals surface area contributed by atoms with Crippen LogP contribution in [0.1, 0.15) is 12.8 Å². The number of carbonyl (C=O) groups is 1. The molecule has 0 saturated carbocycles. The van der Waals surface area contributed by atoms with Crippen LogP contribution >= 0.6 is 0 Å². The molecule has 33 heavy (non-hydrogen) atoms. The van der Waals surface area contributed by atoms with Gasteiger partial charge in [0.2, 0.25) is 0 Å². The largest absolute Gasteiger partial charge is 0.497 e. The second-order valence-electron chi connectivity index (χ2n) is 7.41. The van der Waals surface area contributed by atoms with Gasteiger partial charge in [-0.1, -0.05) is 24.3 Å². The van der Waals surface area contributed by atoms with Crippen molar-refractivity contribution < 1.29 is 45.3 Å². The number of nitrogens with zero attached hydrogens (tertiary/aromatic N) is 1. The van der Waals surface area contributed by atoms with Gasteiger partial charge in [0.05, 0.1) is 7.11 Å². The van der Waals surface area contributed by atoms with Crippen molar-refractivity contribution in [3.05, 3.63) is 48.5 Å². The van der Waals surface area contributed by atoms with Crippen molar-refractivity contribution in [3.63, 3.8) is 0 Å². The molecule has 1 aliphatic heterocycles. The van der Waals surface area contributed by atoms with E-state index >= 15 is 0 Å². The Morgan fingerprint density at radius 2 is 1.52 bits per heavy atom. The normalized spacial score (nSPS) is 15.5. The number of ether oxygens (including phenoxy) is 3. The maximum Gasteiger partial charge on any atom is 0.434 e. The van der Waals surface area contributed by atoms with Gasteiger partial charge in [0.25, 0.3) is 6.10 Å². The highest BCUT2D eigenvalue weighted by atomic mass is 19.4. The molecular formula is C22H21F6NO4.